The van der Waals surface area contributed by atoms with E-state index in [0.717, 1.165) is 11.4 Å². The number of amides is 2. The zero-order valence-electron chi connectivity index (χ0n) is 14.0. The fraction of sp³-hybridized carbons (Fsp3) is 0.250. The molecule has 0 unspecified atom stereocenters. The second kappa shape index (κ2) is 6.08. The van der Waals surface area contributed by atoms with Crippen molar-refractivity contribution < 1.29 is 14.0 Å². The van der Waals surface area contributed by atoms with E-state index in [9.17, 15) is 9.59 Å². The number of benzene rings is 1. The third-order valence-corrected chi connectivity index (χ3v) is 6.41. The number of hydrogen-bond acceptors (Lipinski definition) is 4. The van der Waals surface area contributed by atoms with Gasteiger partial charge in [0.05, 0.1) is 28.1 Å². The van der Waals surface area contributed by atoms with Crippen LogP contribution >= 0.6 is 23.2 Å². The minimum atomic E-state index is -0.262. The predicted octanol–water partition coefficient (Wildman–Crippen LogP) is 4.39. The van der Waals surface area contributed by atoms with E-state index in [1.165, 1.54) is 6.21 Å². The normalized spacial score (nSPS) is 28.7. The SMILES string of the molecule is O=C1[C@@H]2[C@H](C(=O)N1/N=C\c1ccc(-c3cccc(Cl)c3Cl)o1)[C@H]1C=C[C@H]2C1. The van der Waals surface area contributed by atoms with Gasteiger partial charge in [0.25, 0.3) is 11.8 Å². The number of imide groups is 1. The number of allylic oxidation sites excluding steroid dienone is 2. The van der Waals surface area contributed by atoms with Crippen LogP contribution in [0.3, 0.4) is 0 Å². The zero-order valence-corrected chi connectivity index (χ0v) is 15.5. The Hall–Kier alpha value is -2.37. The Kier molecular flexibility index (Phi) is 3.78. The van der Waals surface area contributed by atoms with Crippen molar-refractivity contribution >= 4 is 41.2 Å². The van der Waals surface area contributed by atoms with Gasteiger partial charge in [0, 0.05) is 5.56 Å². The van der Waals surface area contributed by atoms with E-state index in [2.05, 4.69) is 17.3 Å². The standard InChI is InChI=1S/C20H14Cl2N2O3/c21-14-3-1-2-13(18(14)22)15-7-6-12(27-15)9-23-24-19(25)16-10-4-5-11(8-10)17(16)20(24)26/h1-7,9-11,16-17H,8H2/b23-9-/t10-,11-,16-,17+/m0/s1. The van der Waals surface area contributed by atoms with Crippen molar-refractivity contribution in [2.45, 2.75) is 6.42 Å². The Labute approximate surface area is 165 Å². The largest absolute Gasteiger partial charge is 0.455 e. The molecule has 1 aliphatic heterocycles. The lowest BCUT2D eigenvalue weighted by molar-refractivity contribution is -0.140. The highest BCUT2D eigenvalue weighted by Gasteiger charge is 2.59. The summed E-state index contributed by atoms with van der Waals surface area (Å²) in [5.41, 5.74) is 0.661. The lowest BCUT2D eigenvalue weighted by atomic mass is 9.85. The van der Waals surface area contributed by atoms with Gasteiger partial charge in [0.2, 0.25) is 0 Å². The third kappa shape index (κ3) is 2.49. The van der Waals surface area contributed by atoms with Crippen molar-refractivity contribution in [1.82, 2.24) is 5.01 Å². The van der Waals surface area contributed by atoms with Crippen LogP contribution in [0.25, 0.3) is 11.3 Å². The third-order valence-electron chi connectivity index (χ3n) is 5.59. The highest BCUT2D eigenvalue weighted by Crippen LogP contribution is 2.52. The van der Waals surface area contributed by atoms with Crippen LogP contribution < -0.4 is 0 Å². The van der Waals surface area contributed by atoms with E-state index in [1.54, 1.807) is 30.3 Å². The minimum absolute atomic E-state index is 0.164. The molecule has 3 aliphatic rings. The van der Waals surface area contributed by atoms with E-state index < -0.39 is 0 Å². The highest BCUT2D eigenvalue weighted by molar-refractivity contribution is 6.43. The summed E-state index contributed by atoms with van der Waals surface area (Å²) < 4.78 is 5.73. The number of furan rings is 1. The molecule has 2 bridgehead atoms. The average molecular weight is 401 g/mol. The number of carbonyl (C=O) groups excluding carboxylic acids is 2. The molecule has 1 aromatic carbocycles. The summed E-state index contributed by atoms with van der Waals surface area (Å²) in [6.45, 7) is 0. The second-order valence-electron chi connectivity index (χ2n) is 7.04. The van der Waals surface area contributed by atoms with E-state index >= 15 is 0 Å². The van der Waals surface area contributed by atoms with Crippen LogP contribution in [-0.2, 0) is 9.59 Å². The number of hydrogen-bond donors (Lipinski definition) is 0. The Morgan fingerprint density at radius 3 is 2.44 bits per heavy atom. The lowest BCUT2D eigenvalue weighted by Gasteiger charge is -2.13. The lowest BCUT2D eigenvalue weighted by Crippen LogP contribution is -2.28. The maximum absolute atomic E-state index is 12.6. The molecule has 0 spiro atoms. The van der Waals surface area contributed by atoms with Crippen LogP contribution in [0.4, 0.5) is 0 Å². The molecule has 0 radical (unpaired) electrons. The first kappa shape index (κ1) is 16.8. The molecule has 1 saturated carbocycles. The van der Waals surface area contributed by atoms with Crippen molar-refractivity contribution in [1.29, 1.82) is 0 Å². The fourth-order valence-corrected chi connectivity index (χ4v) is 4.77. The van der Waals surface area contributed by atoms with Crippen LogP contribution in [-0.4, -0.2) is 23.0 Å². The summed E-state index contributed by atoms with van der Waals surface area (Å²) in [5, 5.41) is 5.94. The quantitative estimate of drug-likeness (QED) is 0.435. The van der Waals surface area contributed by atoms with Gasteiger partial charge >= 0.3 is 0 Å². The van der Waals surface area contributed by atoms with E-state index in [0.29, 0.717) is 27.1 Å². The fourth-order valence-electron chi connectivity index (χ4n) is 4.38. The second-order valence-corrected chi connectivity index (χ2v) is 7.82. The van der Waals surface area contributed by atoms with Gasteiger partial charge < -0.3 is 4.42 Å². The Balaban J connectivity index is 1.38. The van der Waals surface area contributed by atoms with Crippen LogP contribution in [0.1, 0.15) is 12.2 Å². The van der Waals surface area contributed by atoms with Crippen molar-refractivity contribution in [3.8, 4) is 11.3 Å². The van der Waals surface area contributed by atoms with Crippen LogP contribution in [0.5, 0.6) is 0 Å². The van der Waals surface area contributed by atoms with Gasteiger partial charge in [-0.05, 0) is 42.5 Å². The maximum Gasteiger partial charge on any atom is 0.254 e. The van der Waals surface area contributed by atoms with E-state index in [4.69, 9.17) is 27.6 Å². The molecule has 5 nitrogen and oxygen atoms in total. The van der Waals surface area contributed by atoms with Gasteiger partial charge in [0.15, 0.2) is 0 Å². The summed E-state index contributed by atoms with van der Waals surface area (Å²) >= 11 is 12.3. The van der Waals surface area contributed by atoms with Gasteiger partial charge in [-0.15, -0.1) is 0 Å². The van der Waals surface area contributed by atoms with E-state index in [1.807, 2.05) is 0 Å². The van der Waals surface area contributed by atoms with Crippen molar-refractivity contribution in [3.63, 3.8) is 0 Å². The summed E-state index contributed by atoms with van der Waals surface area (Å²) in [5.74, 6) is 0.310. The molecule has 5 rings (SSSR count). The number of rotatable bonds is 3. The summed E-state index contributed by atoms with van der Waals surface area (Å²) in [6.07, 6.45) is 6.38. The summed E-state index contributed by atoms with van der Waals surface area (Å²) in [6, 6.07) is 8.72. The Bertz CT molecular complexity index is 996. The molecule has 2 aromatic rings. The van der Waals surface area contributed by atoms with Crippen molar-refractivity contribution in [2.75, 3.05) is 0 Å². The molecule has 1 saturated heterocycles. The Morgan fingerprint density at radius 2 is 1.74 bits per heavy atom. The molecule has 2 heterocycles. The monoisotopic (exact) mass is 400 g/mol. The molecule has 0 N–H and O–H groups in total. The molecule has 2 fully saturated rings. The maximum atomic E-state index is 12.6. The summed E-state index contributed by atoms with van der Waals surface area (Å²) in [7, 11) is 0. The van der Waals surface area contributed by atoms with Crippen molar-refractivity contribution in [2.24, 2.45) is 28.8 Å². The van der Waals surface area contributed by atoms with Gasteiger partial charge in [0.1, 0.15) is 11.5 Å². The molecular formula is C20H14Cl2N2O3. The molecule has 7 heteroatoms. The molecule has 4 atom stereocenters. The Morgan fingerprint density at radius 1 is 1.04 bits per heavy atom. The minimum Gasteiger partial charge on any atom is -0.455 e. The molecule has 136 valence electrons. The van der Waals surface area contributed by atoms with E-state index in [-0.39, 0.29) is 35.5 Å². The van der Waals surface area contributed by atoms with Gasteiger partial charge in [-0.2, -0.15) is 10.1 Å². The molecule has 1 aromatic heterocycles. The smallest absolute Gasteiger partial charge is 0.254 e. The zero-order chi connectivity index (χ0) is 18.7. The molecular weight excluding hydrogens is 387 g/mol. The first-order valence-corrected chi connectivity index (χ1v) is 9.44. The number of carbonyl (C=O) groups is 2. The van der Waals surface area contributed by atoms with Crippen LogP contribution in [0.15, 0.2) is 52.0 Å². The first-order chi connectivity index (χ1) is 13.0. The van der Waals surface area contributed by atoms with Gasteiger partial charge in [-0.1, -0.05) is 41.4 Å². The number of fused-ring (bicyclic) bond motifs is 5. The molecule has 2 amide bonds. The number of hydrazone groups is 1. The highest BCUT2D eigenvalue weighted by atomic mass is 35.5. The van der Waals surface area contributed by atoms with Gasteiger partial charge in [-0.3, -0.25) is 9.59 Å². The topological polar surface area (TPSA) is 62.9 Å². The number of nitrogens with zero attached hydrogens (tertiary/aromatic N) is 2. The van der Waals surface area contributed by atoms with Gasteiger partial charge in [-0.25, -0.2) is 0 Å². The molecule has 2 aliphatic carbocycles. The predicted molar refractivity (Wildman–Crippen MR) is 101 cm³/mol. The van der Waals surface area contributed by atoms with Crippen molar-refractivity contribution in [3.05, 3.63) is 58.3 Å². The van der Waals surface area contributed by atoms with Crippen LogP contribution in [0.2, 0.25) is 10.0 Å². The summed E-state index contributed by atoms with van der Waals surface area (Å²) in [4.78, 5) is 25.2. The molecule has 27 heavy (non-hydrogen) atoms. The number of halogens is 2. The first-order valence-electron chi connectivity index (χ1n) is 8.69. The average Bonchev–Trinajstić information content (AvgIpc) is 3.41. The van der Waals surface area contributed by atoms with Crippen LogP contribution in [0, 0.1) is 23.7 Å².